The molecule has 0 saturated heterocycles. The van der Waals surface area contributed by atoms with Gasteiger partial charge in [-0.1, -0.05) is 13.8 Å². The second kappa shape index (κ2) is 5.50. The second-order valence-corrected chi connectivity index (χ2v) is 8.50. The summed E-state index contributed by atoms with van der Waals surface area (Å²) in [6.45, 7) is 8.52. The van der Waals surface area contributed by atoms with Gasteiger partial charge in [-0.15, -0.1) is 3.89 Å². The Kier molecular flexibility index (Phi) is 4.73. The van der Waals surface area contributed by atoms with Crippen molar-refractivity contribution in [3.05, 3.63) is 0 Å². The molecule has 1 amide bonds. The van der Waals surface area contributed by atoms with Gasteiger partial charge in [-0.2, -0.15) is 8.42 Å². The first-order valence-electron chi connectivity index (χ1n) is 6.72. The van der Waals surface area contributed by atoms with E-state index in [1.54, 1.807) is 34.6 Å². The zero-order valence-corrected chi connectivity index (χ0v) is 13.5. The lowest BCUT2D eigenvalue weighted by Crippen LogP contribution is -2.50. The van der Waals surface area contributed by atoms with Gasteiger partial charge in [0.1, 0.15) is 5.60 Å². The molecule has 0 heterocycles. The Morgan fingerprint density at radius 3 is 2.15 bits per heavy atom. The summed E-state index contributed by atoms with van der Waals surface area (Å²) in [5.74, 6) is -0.434. The molecule has 0 radical (unpaired) electrons. The van der Waals surface area contributed by atoms with Crippen LogP contribution in [0.15, 0.2) is 0 Å². The van der Waals surface area contributed by atoms with E-state index in [-0.39, 0.29) is 5.92 Å². The van der Waals surface area contributed by atoms with Crippen LogP contribution in [0.3, 0.4) is 0 Å². The van der Waals surface area contributed by atoms with E-state index >= 15 is 0 Å². The average molecular weight is 309 g/mol. The molecule has 1 N–H and O–H groups in total. The van der Waals surface area contributed by atoms with E-state index < -0.39 is 39.1 Å². The maximum atomic E-state index is 13.0. The molecule has 1 rings (SSSR count). The van der Waals surface area contributed by atoms with Gasteiger partial charge in [-0.05, 0) is 39.5 Å². The van der Waals surface area contributed by atoms with Gasteiger partial charge in [0.15, 0.2) is 0 Å². The molecule has 118 valence electrons. The van der Waals surface area contributed by atoms with Crippen molar-refractivity contribution in [3.63, 3.8) is 0 Å². The van der Waals surface area contributed by atoms with E-state index in [1.165, 1.54) is 0 Å². The molecule has 0 aromatic rings. The van der Waals surface area contributed by atoms with Gasteiger partial charge in [-0.25, -0.2) is 4.79 Å². The summed E-state index contributed by atoms with van der Waals surface area (Å²) >= 11 is 0. The SMILES string of the molecule is CC(C)(C)OC(=O)NC(C1CC1)C(C)(C)CS(=O)(=O)F. The van der Waals surface area contributed by atoms with E-state index in [0.29, 0.717) is 0 Å². The quantitative estimate of drug-likeness (QED) is 0.792. The Bertz CT molecular complexity index is 463. The molecule has 0 aromatic carbocycles. The third kappa shape index (κ3) is 6.07. The number of amides is 1. The molecule has 1 aliphatic rings. The topological polar surface area (TPSA) is 72.5 Å². The Morgan fingerprint density at radius 2 is 1.80 bits per heavy atom. The van der Waals surface area contributed by atoms with Crippen molar-refractivity contribution in [2.75, 3.05) is 5.75 Å². The number of carbonyl (C=O) groups is 1. The zero-order valence-electron chi connectivity index (χ0n) is 12.7. The van der Waals surface area contributed by atoms with E-state index in [9.17, 15) is 17.1 Å². The number of hydrogen-bond donors (Lipinski definition) is 1. The van der Waals surface area contributed by atoms with E-state index in [0.717, 1.165) is 12.8 Å². The number of halogens is 1. The molecule has 0 bridgehead atoms. The highest BCUT2D eigenvalue weighted by Gasteiger charge is 2.44. The van der Waals surface area contributed by atoms with Crippen molar-refractivity contribution in [3.8, 4) is 0 Å². The Morgan fingerprint density at radius 1 is 1.30 bits per heavy atom. The second-order valence-electron chi connectivity index (χ2n) is 7.13. The predicted molar refractivity (Wildman–Crippen MR) is 74.6 cm³/mol. The van der Waals surface area contributed by atoms with E-state index in [1.807, 2.05) is 0 Å². The van der Waals surface area contributed by atoms with Crippen LogP contribution in [0.1, 0.15) is 47.5 Å². The summed E-state index contributed by atoms with van der Waals surface area (Å²) < 4.78 is 39.9. The molecule has 1 saturated carbocycles. The maximum absolute atomic E-state index is 13.0. The minimum absolute atomic E-state index is 0.180. The van der Waals surface area contributed by atoms with Crippen molar-refractivity contribution in [1.82, 2.24) is 5.32 Å². The largest absolute Gasteiger partial charge is 0.444 e. The van der Waals surface area contributed by atoms with Gasteiger partial charge in [0.2, 0.25) is 0 Å². The van der Waals surface area contributed by atoms with Crippen LogP contribution < -0.4 is 5.32 Å². The molecule has 1 unspecified atom stereocenters. The van der Waals surface area contributed by atoms with Crippen LogP contribution in [0.25, 0.3) is 0 Å². The van der Waals surface area contributed by atoms with Crippen LogP contribution in [0.4, 0.5) is 8.68 Å². The molecule has 5 nitrogen and oxygen atoms in total. The van der Waals surface area contributed by atoms with Gasteiger partial charge in [-0.3, -0.25) is 0 Å². The summed E-state index contributed by atoms with van der Waals surface area (Å²) in [4.78, 5) is 11.8. The van der Waals surface area contributed by atoms with E-state index in [2.05, 4.69) is 5.32 Å². The molecular weight excluding hydrogens is 285 g/mol. The van der Waals surface area contributed by atoms with Crippen LogP contribution in [0.2, 0.25) is 0 Å². The highest BCUT2D eigenvalue weighted by Crippen LogP contribution is 2.41. The minimum Gasteiger partial charge on any atom is -0.444 e. The first-order valence-corrected chi connectivity index (χ1v) is 8.27. The zero-order chi connectivity index (χ0) is 15.8. The van der Waals surface area contributed by atoms with Gasteiger partial charge < -0.3 is 10.1 Å². The molecule has 1 fully saturated rings. The number of carbonyl (C=O) groups excluding carboxylic acids is 1. The fourth-order valence-corrected chi connectivity index (χ4v) is 3.42. The number of alkyl carbamates (subject to hydrolysis) is 1. The molecular formula is C13H24FNO4S. The van der Waals surface area contributed by atoms with Crippen LogP contribution in [0.5, 0.6) is 0 Å². The molecule has 0 spiro atoms. The van der Waals surface area contributed by atoms with Gasteiger partial charge >= 0.3 is 16.3 Å². The molecule has 0 aliphatic heterocycles. The van der Waals surface area contributed by atoms with Gasteiger partial charge in [0, 0.05) is 11.5 Å². The number of nitrogens with one attached hydrogen (secondary N) is 1. The molecule has 1 aliphatic carbocycles. The highest BCUT2D eigenvalue weighted by atomic mass is 32.3. The van der Waals surface area contributed by atoms with E-state index in [4.69, 9.17) is 4.74 Å². The summed E-state index contributed by atoms with van der Waals surface area (Å²) in [5, 5.41) is 2.71. The maximum Gasteiger partial charge on any atom is 0.407 e. The highest BCUT2D eigenvalue weighted by molar-refractivity contribution is 7.86. The third-order valence-corrected chi connectivity index (χ3v) is 4.24. The first kappa shape index (κ1) is 17.2. The van der Waals surface area contributed by atoms with Crippen LogP contribution in [-0.2, 0) is 15.0 Å². The third-order valence-electron chi connectivity index (χ3n) is 3.15. The smallest absolute Gasteiger partial charge is 0.407 e. The molecule has 7 heteroatoms. The van der Waals surface area contributed by atoms with Crippen LogP contribution >= 0.6 is 0 Å². The Balaban J connectivity index is 2.77. The minimum atomic E-state index is -4.60. The summed E-state index contributed by atoms with van der Waals surface area (Å²) in [6, 6.07) is -0.414. The molecule has 0 aromatic heterocycles. The summed E-state index contributed by atoms with van der Waals surface area (Å²) in [7, 11) is -4.60. The van der Waals surface area contributed by atoms with Crippen molar-refractivity contribution < 1.29 is 21.8 Å². The lowest BCUT2D eigenvalue weighted by atomic mass is 9.83. The lowest BCUT2D eigenvalue weighted by molar-refractivity contribution is 0.0452. The van der Waals surface area contributed by atoms with Crippen molar-refractivity contribution >= 4 is 16.3 Å². The van der Waals surface area contributed by atoms with Crippen molar-refractivity contribution in [2.24, 2.45) is 11.3 Å². The summed E-state index contributed by atoms with van der Waals surface area (Å²) in [6.07, 6.45) is 1.20. The lowest BCUT2D eigenvalue weighted by Gasteiger charge is -2.34. The first-order chi connectivity index (χ1) is 8.80. The number of ether oxygens (including phenoxy) is 1. The molecule has 20 heavy (non-hydrogen) atoms. The molecule has 1 atom stereocenters. The van der Waals surface area contributed by atoms with Crippen molar-refractivity contribution in [2.45, 2.75) is 59.1 Å². The monoisotopic (exact) mass is 309 g/mol. The normalized spacial score (nSPS) is 18.5. The fourth-order valence-electron chi connectivity index (χ4n) is 2.35. The Hall–Kier alpha value is -0.850. The average Bonchev–Trinajstić information content (AvgIpc) is 2.89. The van der Waals surface area contributed by atoms with Gasteiger partial charge in [0.05, 0.1) is 5.75 Å². The van der Waals surface area contributed by atoms with Gasteiger partial charge in [0.25, 0.3) is 0 Å². The predicted octanol–water partition coefficient (Wildman–Crippen LogP) is 2.62. The summed E-state index contributed by atoms with van der Waals surface area (Å²) in [5.41, 5.74) is -1.51. The number of hydrogen-bond acceptors (Lipinski definition) is 4. The fraction of sp³-hybridized carbons (Fsp3) is 0.923. The van der Waals surface area contributed by atoms with Crippen LogP contribution in [0, 0.1) is 11.3 Å². The van der Waals surface area contributed by atoms with Crippen LogP contribution in [-0.4, -0.2) is 31.9 Å². The number of rotatable bonds is 5. The van der Waals surface area contributed by atoms with Crippen molar-refractivity contribution in [1.29, 1.82) is 0 Å². The Labute approximate surface area is 120 Å². The standard InChI is InChI=1S/C13H24FNO4S/c1-12(2,3)19-11(16)15-10(9-6-7-9)13(4,5)8-20(14,17)18/h9-10H,6-8H2,1-5H3,(H,15,16).